The molecule has 8 nitrogen and oxygen atoms in total. The lowest BCUT2D eigenvalue weighted by Crippen LogP contribution is -2.45. The molecule has 5 rings (SSSR count). The zero-order valence-corrected chi connectivity index (χ0v) is 17.1. The van der Waals surface area contributed by atoms with E-state index in [1.807, 2.05) is 40.0 Å². The lowest BCUT2D eigenvalue weighted by molar-refractivity contribution is 0.0609. The summed E-state index contributed by atoms with van der Waals surface area (Å²) in [5.41, 5.74) is 2.53. The molecule has 1 unspecified atom stereocenters. The van der Waals surface area contributed by atoms with Gasteiger partial charge in [-0.15, -0.1) is 0 Å². The first-order valence-electron chi connectivity index (χ1n) is 10.6. The van der Waals surface area contributed by atoms with Crippen LogP contribution in [0.25, 0.3) is 5.69 Å². The summed E-state index contributed by atoms with van der Waals surface area (Å²) < 4.78 is 7.53. The second-order valence-corrected chi connectivity index (χ2v) is 8.19. The van der Waals surface area contributed by atoms with Gasteiger partial charge < -0.3 is 9.64 Å². The normalized spacial score (nSPS) is 24.3. The van der Waals surface area contributed by atoms with Gasteiger partial charge in [-0.05, 0) is 43.9 Å². The zero-order valence-electron chi connectivity index (χ0n) is 17.1. The van der Waals surface area contributed by atoms with Crippen molar-refractivity contribution in [2.24, 2.45) is 0 Å². The Morgan fingerprint density at radius 1 is 1.10 bits per heavy atom. The lowest BCUT2D eigenvalue weighted by Gasteiger charge is -2.38. The average molecular weight is 406 g/mol. The van der Waals surface area contributed by atoms with Crippen LogP contribution in [0.3, 0.4) is 0 Å². The molecule has 0 aliphatic carbocycles. The first-order valence-corrected chi connectivity index (χ1v) is 10.6. The molecule has 0 bridgehead atoms. The molecule has 2 fully saturated rings. The third kappa shape index (κ3) is 3.52. The van der Waals surface area contributed by atoms with Crippen LogP contribution in [0.2, 0.25) is 0 Å². The molecule has 156 valence electrons. The van der Waals surface area contributed by atoms with Gasteiger partial charge in [0.15, 0.2) is 0 Å². The molecule has 1 aromatic carbocycles. The Morgan fingerprint density at radius 2 is 1.93 bits per heavy atom. The highest BCUT2D eigenvalue weighted by molar-refractivity contribution is 5.98. The van der Waals surface area contributed by atoms with Crippen LogP contribution in [0.1, 0.15) is 54.1 Å². The molecule has 2 aliphatic rings. The predicted molar refractivity (Wildman–Crippen MR) is 111 cm³/mol. The fourth-order valence-electron chi connectivity index (χ4n) is 4.48. The van der Waals surface area contributed by atoms with Gasteiger partial charge in [0.05, 0.1) is 42.5 Å². The number of nitrogens with zero attached hydrogens (tertiary/aromatic N) is 6. The number of piperidine rings is 1. The maximum atomic E-state index is 13.5. The third-order valence-electron chi connectivity index (χ3n) is 6.28. The van der Waals surface area contributed by atoms with Crippen LogP contribution in [0.15, 0.2) is 49.1 Å². The molecule has 30 heavy (non-hydrogen) atoms. The van der Waals surface area contributed by atoms with Crippen molar-refractivity contribution in [2.45, 2.75) is 44.2 Å². The molecule has 0 spiro atoms. The number of rotatable bonds is 4. The van der Waals surface area contributed by atoms with Crippen LogP contribution in [-0.4, -0.2) is 61.4 Å². The van der Waals surface area contributed by atoms with Gasteiger partial charge in [-0.2, -0.15) is 20.1 Å². The van der Waals surface area contributed by atoms with Gasteiger partial charge >= 0.3 is 0 Å². The van der Waals surface area contributed by atoms with E-state index < -0.39 is 0 Å². The Labute approximate surface area is 175 Å². The Kier molecular flexibility index (Phi) is 5.08. The van der Waals surface area contributed by atoms with Crippen LogP contribution in [0.5, 0.6) is 0 Å². The fourth-order valence-corrected chi connectivity index (χ4v) is 4.48. The van der Waals surface area contributed by atoms with E-state index in [1.165, 1.54) is 10.4 Å². The first kappa shape index (κ1) is 19.0. The number of carbonyl (C=O) groups excluding carboxylic acids is 1. The molecule has 0 saturated carbocycles. The molecule has 2 saturated heterocycles. The summed E-state index contributed by atoms with van der Waals surface area (Å²) in [5, 5.41) is 13.0. The summed E-state index contributed by atoms with van der Waals surface area (Å²) in [5.74, 6) is 0.313. The molecule has 4 heterocycles. The standard InChI is InChI=1S/C22H26N6O2/c1-16-6-7-17(18-12-25-27(14-18)19-8-11-30-15-19)13-26(16)22(29)20-4-2-3-5-21(20)28-23-9-10-24-28/h2-5,9-10,12,14,16-17,19H,6-8,11,13,15H2,1H3/t16-,17-,19?/m1/s1. The number of para-hydroxylation sites is 1. The quantitative estimate of drug-likeness (QED) is 0.666. The summed E-state index contributed by atoms with van der Waals surface area (Å²) in [7, 11) is 0. The number of hydrogen-bond acceptors (Lipinski definition) is 5. The maximum Gasteiger partial charge on any atom is 0.256 e. The Hall–Kier alpha value is -3.00. The largest absolute Gasteiger partial charge is 0.379 e. The van der Waals surface area contributed by atoms with E-state index in [-0.39, 0.29) is 17.9 Å². The van der Waals surface area contributed by atoms with E-state index in [0.717, 1.165) is 32.5 Å². The van der Waals surface area contributed by atoms with Gasteiger partial charge in [0, 0.05) is 31.3 Å². The van der Waals surface area contributed by atoms with Gasteiger partial charge in [-0.1, -0.05) is 12.1 Å². The van der Waals surface area contributed by atoms with Crippen molar-refractivity contribution in [1.82, 2.24) is 29.7 Å². The summed E-state index contributed by atoms with van der Waals surface area (Å²) in [6, 6.07) is 8.04. The first-order chi connectivity index (χ1) is 14.7. The molecule has 2 aromatic heterocycles. The van der Waals surface area contributed by atoms with Crippen LogP contribution >= 0.6 is 0 Å². The van der Waals surface area contributed by atoms with Crippen LogP contribution in [0.4, 0.5) is 0 Å². The minimum atomic E-state index is 0.0247. The molecule has 8 heteroatoms. The van der Waals surface area contributed by atoms with E-state index in [1.54, 1.807) is 12.4 Å². The van der Waals surface area contributed by atoms with Gasteiger partial charge in [0.25, 0.3) is 5.91 Å². The highest BCUT2D eigenvalue weighted by atomic mass is 16.5. The van der Waals surface area contributed by atoms with Crippen LogP contribution < -0.4 is 0 Å². The minimum Gasteiger partial charge on any atom is -0.379 e. The Morgan fingerprint density at radius 3 is 2.73 bits per heavy atom. The Bertz CT molecular complexity index is 1010. The number of amides is 1. The van der Waals surface area contributed by atoms with E-state index in [0.29, 0.717) is 23.8 Å². The van der Waals surface area contributed by atoms with Crippen molar-refractivity contribution in [3.63, 3.8) is 0 Å². The summed E-state index contributed by atoms with van der Waals surface area (Å²) in [6.45, 7) is 4.34. The molecule has 0 radical (unpaired) electrons. The molecular weight excluding hydrogens is 380 g/mol. The number of carbonyl (C=O) groups is 1. The molecule has 1 amide bonds. The van der Waals surface area contributed by atoms with E-state index in [2.05, 4.69) is 28.4 Å². The zero-order chi connectivity index (χ0) is 20.5. The second kappa shape index (κ2) is 8.02. The highest BCUT2D eigenvalue weighted by Crippen LogP contribution is 2.32. The predicted octanol–water partition coefficient (Wildman–Crippen LogP) is 2.83. The molecular formula is C22H26N6O2. The van der Waals surface area contributed by atoms with Crippen molar-refractivity contribution in [1.29, 1.82) is 0 Å². The number of aromatic nitrogens is 5. The van der Waals surface area contributed by atoms with Crippen molar-refractivity contribution in [3.8, 4) is 5.69 Å². The van der Waals surface area contributed by atoms with Crippen LogP contribution in [-0.2, 0) is 4.74 Å². The average Bonchev–Trinajstić information content (AvgIpc) is 3.56. The van der Waals surface area contributed by atoms with E-state index >= 15 is 0 Å². The van der Waals surface area contributed by atoms with Gasteiger partial charge in [-0.25, -0.2) is 0 Å². The topological polar surface area (TPSA) is 78.1 Å². The van der Waals surface area contributed by atoms with Gasteiger partial charge in [0.1, 0.15) is 0 Å². The molecule has 2 aliphatic heterocycles. The van der Waals surface area contributed by atoms with E-state index in [9.17, 15) is 4.79 Å². The summed E-state index contributed by atoms with van der Waals surface area (Å²) >= 11 is 0. The Balaban J connectivity index is 1.38. The summed E-state index contributed by atoms with van der Waals surface area (Å²) in [6.07, 6.45) is 10.4. The molecule has 3 aromatic rings. The molecule has 3 atom stereocenters. The number of hydrogen-bond donors (Lipinski definition) is 0. The lowest BCUT2D eigenvalue weighted by atomic mass is 9.89. The molecule has 0 N–H and O–H groups in total. The fraction of sp³-hybridized carbons (Fsp3) is 0.455. The third-order valence-corrected chi connectivity index (χ3v) is 6.28. The van der Waals surface area contributed by atoms with Crippen LogP contribution in [0, 0.1) is 0 Å². The number of benzene rings is 1. The highest BCUT2D eigenvalue weighted by Gasteiger charge is 2.32. The number of likely N-dealkylation sites (tertiary alicyclic amines) is 1. The van der Waals surface area contributed by atoms with Crippen molar-refractivity contribution >= 4 is 5.91 Å². The van der Waals surface area contributed by atoms with Gasteiger partial charge in [0.2, 0.25) is 0 Å². The SMILES string of the molecule is C[C@@H]1CC[C@@H](c2cnn(C3CCOC3)c2)CN1C(=O)c1ccccc1-n1nccn1. The van der Waals surface area contributed by atoms with Gasteiger partial charge in [-0.3, -0.25) is 9.48 Å². The second-order valence-electron chi connectivity index (χ2n) is 8.19. The minimum absolute atomic E-state index is 0.0247. The summed E-state index contributed by atoms with van der Waals surface area (Å²) in [4.78, 5) is 17.0. The van der Waals surface area contributed by atoms with E-state index in [4.69, 9.17) is 4.74 Å². The van der Waals surface area contributed by atoms with Crippen molar-refractivity contribution < 1.29 is 9.53 Å². The maximum absolute atomic E-state index is 13.5. The van der Waals surface area contributed by atoms with Crippen molar-refractivity contribution in [3.05, 3.63) is 60.2 Å². The smallest absolute Gasteiger partial charge is 0.256 e. The monoisotopic (exact) mass is 406 g/mol. The number of ether oxygens (including phenoxy) is 1. The van der Waals surface area contributed by atoms with Crippen molar-refractivity contribution in [2.75, 3.05) is 19.8 Å².